The first-order chi connectivity index (χ1) is 8.19. The molecule has 3 heteroatoms. The van der Waals surface area contributed by atoms with Crippen LogP contribution in [-0.2, 0) is 0 Å². The number of hydrogen-bond donors (Lipinski definition) is 3. The smallest absolute Gasteiger partial charge is 0.0912 e. The SMILES string of the molecule is C=C(C)[C@@H]1CC[C@@]2(C)[C@H](O)C[C@@H](O)[C@](C)(O)[C@@H]2C1. The van der Waals surface area contributed by atoms with Crippen molar-refractivity contribution >= 4 is 0 Å². The summed E-state index contributed by atoms with van der Waals surface area (Å²) in [6, 6.07) is 0. The van der Waals surface area contributed by atoms with Crippen LogP contribution in [0.2, 0.25) is 0 Å². The maximum Gasteiger partial charge on any atom is 0.0912 e. The van der Waals surface area contributed by atoms with Crippen LogP contribution in [-0.4, -0.2) is 33.1 Å². The number of hydrogen-bond acceptors (Lipinski definition) is 3. The van der Waals surface area contributed by atoms with Gasteiger partial charge in [0.25, 0.3) is 0 Å². The van der Waals surface area contributed by atoms with E-state index in [1.165, 1.54) is 0 Å². The normalized spacial score (nSPS) is 52.8. The van der Waals surface area contributed by atoms with Crippen LogP contribution in [0.25, 0.3) is 0 Å². The molecule has 0 aromatic rings. The lowest BCUT2D eigenvalue weighted by atomic mass is 9.51. The Morgan fingerprint density at radius 2 is 1.78 bits per heavy atom. The van der Waals surface area contributed by atoms with Gasteiger partial charge in [0, 0.05) is 6.42 Å². The van der Waals surface area contributed by atoms with Gasteiger partial charge >= 0.3 is 0 Å². The third-order valence-corrected chi connectivity index (χ3v) is 5.63. The number of allylic oxidation sites excluding steroid dienone is 1. The second-order valence-electron chi connectivity index (χ2n) is 6.87. The van der Waals surface area contributed by atoms with Crippen LogP contribution in [0, 0.1) is 17.3 Å². The lowest BCUT2D eigenvalue weighted by Gasteiger charge is -2.58. The van der Waals surface area contributed by atoms with Gasteiger partial charge in [0.2, 0.25) is 0 Å². The van der Waals surface area contributed by atoms with Crippen LogP contribution >= 0.6 is 0 Å². The Morgan fingerprint density at radius 3 is 2.33 bits per heavy atom. The standard InChI is InChI=1S/C15H26O3/c1-9(2)10-5-6-14(3)11(7-10)15(4,18)13(17)8-12(14)16/h10-13,16-18H,1,5-8H2,2-4H3/t10-,11-,12-,13-,14-,15-/m1/s1. The minimum Gasteiger partial charge on any atom is -0.392 e. The highest BCUT2D eigenvalue weighted by atomic mass is 16.3. The molecule has 18 heavy (non-hydrogen) atoms. The first-order valence-electron chi connectivity index (χ1n) is 6.93. The molecule has 0 aliphatic heterocycles. The van der Waals surface area contributed by atoms with Crippen molar-refractivity contribution in [1.29, 1.82) is 0 Å². The van der Waals surface area contributed by atoms with Crippen LogP contribution in [0.5, 0.6) is 0 Å². The van der Waals surface area contributed by atoms with Crippen LogP contribution < -0.4 is 0 Å². The first-order valence-corrected chi connectivity index (χ1v) is 6.93. The molecular weight excluding hydrogens is 228 g/mol. The number of rotatable bonds is 1. The van der Waals surface area contributed by atoms with Gasteiger partial charge in [0.1, 0.15) is 0 Å². The number of aliphatic hydroxyl groups excluding tert-OH is 2. The van der Waals surface area contributed by atoms with E-state index in [1.54, 1.807) is 6.92 Å². The van der Waals surface area contributed by atoms with Crippen molar-refractivity contribution in [3.05, 3.63) is 12.2 Å². The van der Waals surface area contributed by atoms with Gasteiger partial charge in [-0.05, 0) is 50.4 Å². The fourth-order valence-electron chi connectivity index (χ4n) is 4.04. The molecular formula is C15H26O3. The van der Waals surface area contributed by atoms with Crippen LogP contribution in [0.4, 0.5) is 0 Å². The Kier molecular flexibility index (Phi) is 3.37. The summed E-state index contributed by atoms with van der Waals surface area (Å²) in [5.74, 6) is 0.325. The average molecular weight is 254 g/mol. The lowest BCUT2D eigenvalue weighted by molar-refractivity contribution is -0.221. The third kappa shape index (κ3) is 1.93. The molecule has 3 N–H and O–H groups in total. The summed E-state index contributed by atoms with van der Waals surface area (Å²) in [5.41, 5.74) is -0.251. The Balaban J connectivity index is 2.32. The summed E-state index contributed by atoms with van der Waals surface area (Å²) in [4.78, 5) is 0. The molecule has 2 fully saturated rings. The van der Waals surface area contributed by atoms with Gasteiger partial charge in [-0.25, -0.2) is 0 Å². The predicted molar refractivity (Wildman–Crippen MR) is 71.0 cm³/mol. The average Bonchev–Trinajstić information content (AvgIpc) is 2.27. The van der Waals surface area contributed by atoms with Gasteiger partial charge in [-0.1, -0.05) is 19.1 Å². The fraction of sp³-hybridized carbons (Fsp3) is 0.867. The van der Waals surface area contributed by atoms with Gasteiger partial charge in [0.15, 0.2) is 0 Å². The zero-order chi connectivity index (χ0) is 13.7. The molecule has 0 aromatic carbocycles. The number of fused-ring (bicyclic) bond motifs is 1. The van der Waals surface area contributed by atoms with E-state index in [0.29, 0.717) is 5.92 Å². The molecule has 0 aromatic heterocycles. The molecule has 2 saturated carbocycles. The van der Waals surface area contributed by atoms with Gasteiger partial charge in [0.05, 0.1) is 17.8 Å². The topological polar surface area (TPSA) is 60.7 Å². The summed E-state index contributed by atoms with van der Waals surface area (Å²) >= 11 is 0. The fourth-order valence-corrected chi connectivity index (χ4v) is 4.04. The van der Waals surface area contributed by atoms with E-state index in [2.05, 4.69) is 13.5 Å². The Morgan fingerprint density at radius 1 is 1.17 bits per heavy atom. The van der Waals surface area contributed by atoms with Gasteiger partial charge in [-0.2, -0.15) is 0 Å². The zero-order valence-corrected chi connectivity index (χ0v) is 11.7. The molecule has 0 saturated heterocycles. The molecule has 0 spiro atoms. The molecule has 0 bridgehead atoms. The van der Waals surface area contributed by atoms with Crippen molar-refractivity contribution in [3.8, 4) is 0 Å². The van der Waals surface area contributed by atoms with E-state index >= 15 is 0 Å². The van der Waals surface area contributed by atoms with Gasteiger partial charge < -0.3 is 15.3 Å². The van der Waals surface area contributed by atoms with E-state index in [-0.39, 0.29) is 17.8 Å². The van der Waals surface area contributed by atoms with Crippen molar-refractivity contribution < 1.29 is 15.3 Å². The van der Waals surface area contributed by atoms with Crippen LogP contribution in [0.15, 0.2) is 12.2 Å². The predicted octanol–water partition coefficient (Wildman–Crippen LogP) is 1.86. The van der Waals surface area contributed by atoms with Gasteiger partial charge in [-0.15, -0.1) is 0 Å². The van der Waals surface area contributed by atoms with Gasteiger partial charge in [-0.3, -0.25) is 0 Å². The largest absolute Gasteiger partial charge is 0.392 e. The lowest BCUT2D eigenvalue weighted by Crippen LogP contribution is -2.63. The molecule has 104 valence electrons. The molecule has 0 unspecified atom stereocenters. The van der Waals surface area contributed by atoms with Crippen molar-refractivity contribution in [2.75, 3.05) is 0 Å². The highest BCUT2D eigenvalue weighted by Gasteiger charge is 2.58. The molecule has 2 aliphatic rings. The molecule has 6 atom stereocenters. The van der Waals surface area contributed by atoms with Crippen molar-refractivity contribution in [2.45, 2.75) is 64.3 Å². The highest BCUT2D eigenvalue weighted by Crippen LogP contribution is 2.56. The highest BCUT2D eigenvalue weighted by molar-refractivity contribution is 5.12. The second-order valence-corrected chi connectivity index (χ2v) is 6.87. The Bertz CT molecular complexity index is 350. The second kappa shape index (κ2) is 4.32. The van der Waals surface area contributed by atoms with Crippen LogP contribution in [0.3, 0.4) is 0 Å². The molecule has 0 radical (unpaired) electrons. The van der Waals surface area contributed by atoms with E-state index in [0.717, 1.165) is 24.8 Å². The summed E-state index contributed by atoms with van der Waals surface area (Å²) in [7, 11) is 0. The van der Waals surface area contributed by atoms with Crippen molar-refractivity contribution in [1.82, 2.24) is 0 Å². The first kappa shape index (κ1) is 14.0. The number of aliphatic hydroxyl groups is 3. The summed E-state index contributed by atoms with van der Waals surface area (Å²) in [6.45, 7) is 9.81. The zero-order valence-electron chi connectivity index (χ0n) is 11.7. The quantitative estimate of drug-likeness (QED) is 0.626. The summed E-state index contributed by atoms with van der Waals surface area (Å²) < 4.78 is 0. The maximum absolute atomic E-state index is 10.6. The molecule has 2 aliphatic carbocycles. The van der Waals surface area contributed by atoms with E-state index in [4.69, 9.17) is 0 Å². The monoisotopic (exact) mass is 254 g/mol. The van der Waals surface area contributed by atoms with Crippen molar-refractivity contribution in [3.63, 3.8) is 0 Å². The summed E-state index contributed by atoms with van der Waals surface area (Å²) in [6.07, 6.45) is 1.63. The third-order valence-electron chi connectivity index (χ3n) is 5.63. The van der Waals surface area contributed by atoms with Crippen molar-refractivity contribution in [2.24, 2.45) is 17.3 Å². The molecule has 2 rings (SSSR count). The molecule has 0 heterocycles. The molecule has 3 nitrogen and oxygen atoms in total. The molecule has 0 amide bonds. The summed E-state index contributed by atoms with van der Waals surface area (Å²) in [5, 5.41) is 31.0. The minimum atomic E-state index is -1.11. The Hall–Kier alpha value is -0.380. The Labute approximate surface area is 110 Å². The maximum atomic E-state index is 10.6. The minimum absolute atomic E-state index is 0.0702. The van der Waals surface area contributed by atoms with E-state index in [9.17, 15) is 15.3 Å². The van der Waals surface area contributed by atoms with E-state index in [1.807, 2.05) is 6.92 Å². The van der Waals surface area contributed by atoms with Crippen LogP contribution in [0.1, 0.15) is 46.5 Å². The van der Waals surface area contributed by atoms with E-state index < -0.39 is 17.8 Å².